The third-order valence-electron chi connectivity index (χ3n) is 2.07. The van der Waals surface area contributed by atoms with E-state index >= 15 is 0 Å². The minimum absolute atomic E-state index is 0.991. The highest BCUT2D eigenvalue weighted by atomic mass is 32.1. The first-order chi connectivity index (χ1) is 5.71. The molecule has 2 nitrogen and oxygen atoms in total. The summed E-state index contributed by atoms with van der Waals surface area (Å²) in [6.45, 7) is 12.6. The van der Waals surface area contributed by atoms with Gasteiger partial charge in [0.25, 0.3) is 0 Å². The van der Waals surface area contributed by atoms with E-state index in [2.05, 4.69) is 37.5 Å². The van der Waals surface area contributed by atoms with E-state index in [4.69, 9.17) is 12.2 Å². The highest BCUT2D eigenvalue weighted by Crippen LogP contribution is 1.98. The summed E-state index contributed by atoms with van der Waals surface area (Å²) in [4.78, 5) is 4.42. The first-order valence-corrected chi connectivity index (χ1v) is 5.15. The first-order valence-electron chi connectivity index (χ1n) is 4.74. The molecule has 12 heavy (non-hydrogen) atoms. The molecule has 0 atom stereocenters. The van der Waals surface area contributed by atoms with Gasteiger partial charge < -0.3 is 9.80 Å². The summed E-state index contributed by atoms with van der Waals surface area (Å²) in [5.41, 5.74) is 0. The molecule has 0 saturated heterocycles. The summed E-state index contributed by atoms with van der Waals surface area (Å²) in [7, 11) is 0. The Morgan fingerprint density at radius 2 is 1.08 bits per heavy atom. The van der Waals surface area contributed by atoms with Gasteiger partial charge in [-0.05, 0) is 39.9 Å². The Morgan fingerprint density at radius 1 is 0.833 bits per heavy atom. The summed E-state index contributed by atoms with van der Waals surface area (Å²) in [6, 6.07) is 0. The van der Waals surface area contributed by atoms with E-state index < -0.39 is 0 Å². The number of rotatable bonds is 4. The molecule has 0 aromatic carbocycles. The van der Waals surface area contributed by atoms with Crippen molar-refractivity contribution in [1.82, 2.24) is 9.80 Å². The van der Waals surface area contributed by atoms with Crippen LogP contribution >= 0.6 is 12.2 Å². The molecule has 0 amide bonds. The van der Waals surface area contributed by atoms with Crippen molar-refractivity contribution in [2.45, 2.75) is 27.7 Å². The smallest absolute Gasteiger partial charge is 0.171 e. The van der Waals surface area contributed by atoms with Crippen LogP contribution in [0.3, 0.4) is 0 Å². The van der Waals surface area contributed by atoms with Crippen LogP contribution in [0, 0.1) is 0 Å². The van der Waals surface area contributed by atoms with Crippen LogP contribution in [0.5, 0.6) is 0 Å². The molecule has 0 spiro atoms. The second-order valence-electron chi connectivity index (χ2n) is 2.63. The van der Waals surface area contributed by atoms with E-state index in [0.29, 0.717) is 0 Å². The van der Waals surface area contributed by atoms with Gasteiger partial charge in [-0.2, -0.15) is 0 Å². The fraction of sp³-hybridized carbons (Fsp3) is 0.889. The minimum atomic E-state index is 0.991. The van der Waals surface area contributed by atoms with E-state index in [1.54, 1.807) is 0 Å². The monoisotopic (exact) mass is 188 g/mol. The van der Waals surface area contributed by atoms with E-state index in [1.165, 1.54) is 0 Å². The fourth-order valence-corrected chi connectivity index (χ4v) is 1.70. The maximum Gasteiger partial charge on any atom is 0.171 e. The molecule has 0 aromatic heterocycles. The summed E-state index contributed by atoms with van der Waals surface area (Å²) in [5, 5.41) is 0.991. The Hall–Kier alpha value is -0.310. The maximum atomic E-state index is 5.35. The van der Waals surface area contributed by atoms with Gasteiger partial charge in [0.1, 0.15) is 0 Å². The Labute approximate surface area is 81.5 Å². The summed E-state index contributed by atoms with van der Waals surface area (Å²) < 4.78 is 0. The van der Waals surface area contributed by atoms with Gasteiger partial charge in [-0.25, -0.2) is 0 Å². The quantitative estimate of drug-likeness (QED) is 0.623. The lowest BCUT2D eigenvalue weighted by Gasteiger charge is -2.30. The van der Waals surface area contributed by atoms with Gasteiger partial charge in [-0.15, -0.1) is 0 Å². The lowest BCUT2D eigenvalue weighted by atomic mass is 10.5. The van der Waals surface area contributed by atoms with Gasteiger partial charge in [0.15, 0.2) is 5.11 Å². The van der Waals surface area contributed by atoms with E-state index in [9.17, 15) is 0 Å². The van der Waals surface area contributed by atoms with Gasteiger partial charge in [-0.1, -0.05) is 0 Å². The van der Waals surface area contributed by atoms with Crippen molar-refractivity contribution >= 4 is 17.3 Å². The van der Waals surface area contributed by atoms with Crippen LogP contribution in [0.25, 0.3) is 0 Å². The zero-order valence-corrected chi connectivity index (χ0v) is 9.45. The van der Waals surface area contributed by atoms with Crippen molar-refractivity contribution < 1.29 is 0 Å². The summed E-state index contributed by atoms with van der Waals surface area (Å²) >= 11 is 5.35. The van der Waals surface area contributed by atoms with Gasteiger partial charge >= 0.3 is 0 Å². The molecule has 0 aliphatic heterocycles. The zero-order chi connectivity index (χ0) is 9.56. The standard InChI is InChI=1S/C9H20N2S/c1-5-10(6-2)9(12)11(7-3)8-4/h5-8H2,1-4H3. The lowest BCUT2D eigenvalue weighted by molar-refractivity contribution is 0.363. The topological polar surface area (TPSA) is 6.48 Å². The summed E-state index contributed by atoms with van der Waals surface area (Å²) in [5.74, 6) is 0. The molecule has 0 fully saturated rings. The molecule has 0 aliphatic rings. The van der Waals surface area contributed by atoms with Crippen molar-refractivity contribution in [2.75, 3.05) is 26.2 Å². The predicted molar refractivity (Wildman–Crippen MR) is 58.4 cm³/mol. The van der Waals surface area contributed by atoms with Gasteiger partial charge in [0.2, 0.25) is 0 Å². The number of hydrogen-bond donors (Lipinski definition) is 0. The molecule has 0 rings (SSSR count). The molecular weight excluding hydrogens is 168 g/mol. The van der Waals surface area contributed by atoms with E-state index in [-0.39, 0.29) is 0 Å². The molecular formula is C9H20N2S. The lowest BCUT2D eigenvalue weighted by Crippen LogP contribution is -2.42. The molecule has 0 radical (unpaired) electrons. The van der Waals surface area contributed by atoms with Gasteiger partial charge in [-0.3, -0.25) is 0 Å². The normalized spacial score (nSPS) is 9.67. The van der Waals surface area contributed by atoms with Crippen LogP contribution in [-0.4, -0.2) is 41.1 Å². The van der Waals surface area contributed by atoms with Gasteiger partial charge in [0, 0.05) is 26.2 Å². The van der Waals surface area contributed by atoms with Gasteiger partial charge in [0.05, 0.1) is 0 Å². The molecule has 0 aliphatic carbocycles. The van der Waals surface area contributed by atoms with Crippen LogP contribution in [0.4, 0.5) is 0 Å². The second kappa shape index (κ2) is 6.23. The minimum Gasteiger partial charge on any atom is -0.350 e. The van der Waals surface area contributed by atoms with Crippen molar-refractivity contribution in [3.05, 3.63) is 0 Å². The van der Waals surface area contributed by atoms with Crippen molar-refractivity contribution in [2.24, 2.45) is 0 Å². The van der Waals surface area contributed by atoms with Crippen LogP contribution in [-0.2, 0) is 0 Å². The highest BCUT2D eigenvalue weighted by Gasteiger charge is 2.09. The van der Waals surface area contributed by atoms with Crippen molar-refractivity contribution in [3.63, 3.8) is 0 Å². The Kier molecular flexibility index (Phi) is 6.07. The maximum absolute atomic E-state index is 5.35. The fourth-order valence-electron chi connectivity index (χ4n) is 1.19. The summed E-state index contributed by atoms with van der Waals surface area (Å²) in [6.07, 6.45) is 0. The predicted octanol–water partition coefficient (Wildman–Crippen LogP) is 1.95. The third kappa shape index (κ3) is 2.97. The Bertz CT molecular complexity index is 114. The molecule has 3 heteroatoms. The average Bonchev–Trinajstić information content (AvgIpc) is 2.09. The first kappa shape index (κ1) is 11.7. The number of nitrogens with zero attached hydrogens (tertiary/aromatic N) is 2. The molecule has 0 N–H and O–H groups in total. The van der Waals surface area contributed by atoms with Crippen molar-refractivity contribution in [3.8, 4) is 0 Å². The van der Waals surface area contributed by atoms with Crippen molar-refractivity contribution in [1.29, 1.82) is 0 Å². The van der Waals surface area contributed by atoms with Crippen LogP contribution in [0.1, 0.15) is 27.7 Å². The molecule has 0 saturated carbocycles. The Morgan fingerprint density at radius 3 is 1.25 bits per heavy atom. The number of thiocarbonyl (C=S) groups is 1. The number of hydrogen-bond acceptors (Lipinski definition) is 1. The molecule has 0 unspecified atom stereocenters. The second-order valence-corrected chi connectivity index (χ2v) is 2.99. The largest absolute Gasteiger partial charge is 0.350 e. The SMILES string of the molecule is CCN(CC)C(=S)N(CC)CC. The molecule has 0 aromatic rings. The van der Waals surface area contributed by atoms with E-state index in [1.807, 2.05) is 0 Å². The molecule has 72 valence electrons. The van der Waals surface area contributed by atoms with Crippen LogP contribution < -0.4 is 0 Å². The molecule has 0 bridgehead atoms. The van der Waals surface area contributed by atoms with Crippen LogP contribution in [0.2, 0.25) is 0 Å². The molecule has 0 heterocycles. The van der Waals surface area contributed by atoms with E-state index in [0.717, 1.165) is 31.3 Å². The third-order valence-corrected chi connectivity index (χ3v) is 2.58. The highest BCUT2D eigenvalue weighted by molar-refractivity contribution is 7.80. The zero-order valence-electron chi connectivity index (χ0n) is 8.63. The van der Waals surface area contributed by atoms with Crippen LogP contribution in [0.15, 0.2) is 0 Å². The average molecular weight is 188 g/mol. The Balaban J connectivity index is 4.12.